The molecule has 0 bridgehead atoms. The van der Waals surface area contributed by atoms with Gasteiger partial charge >= 0.3 is 5.76 Å². The lowest BCUT2D eigenvalue weighted by molar-refractivity contribution is 0.309. The molecule has 0 saturated heterocycles. The second-order valence-corrected chi connectivity index (χ2v) is 6.80. The molecule has 2 N–H and O–H groups in total. The normalized spacial score (nSPS) is 11.2. The van der Waals surface area contributed by atoms with Gasteiger partial charge in [0.25, 0.3) is 0 Å². The maximum absolute atomic E-state index is 13.5. The van der Waals surface area contributed by atoms with E-state index in [9.17, 15) is 17.6 Å². The number of benzene rings is 1. The summed E-state index contributed by atoms with van der Waals surface area (Å²) in [5.41, 5.74) is 0.395. The van der Waals surface area contributed by atoms with Crippen molar-refractivity contribution in [3.05, 3.63) is 39.0 Å². The molecule has 0 atom stereocenters. The Labute approximate surface area is 160 Å². The highest BCUT2D eigenvalue weighted by Crippen LogP contribution is 2.26. The van der Waals surface area contributed by atoms with Crippen LogP contribution in [-0.4, -0.2) is 41.5 Å². The number of halogens is 2. The van der Waals surface area contributed by atoms with Crippen molar-refractivity contribution in [3.63, 3.8) is 0 Å². The van der Waals surface area contributed by atoms with E-state index in [2.05, 4.69) is 41.4 Å². The Balaban J connectivity index is 1.85. The quantitative estimate of drug-likeness (QED) is 0.325. The first-order valence-corrected chi connectivity index (χ1v) is 9.43. The molecule has 3 rings (SSSR count). The van der Waals surface area contributed by atoms with Crippen LogP contribution in [0.2, 0.25) is 0 Å². The Morgan fingerprint density at radius 1 is 1.22 bits per heavy atom. The van der Waals surface area contributed by atoms with Crippen LogP contribution in [0.4, 0.5) is 10.2 Å². The molecule has 144 valence electrons. The smallest absolute Gasteiger partial charge is 0.365 e. The lowest BCUT2D eigenvalue weighted by atomic mass is 10.3. The molecule has 2 heterocycles. The van der Waals surface area contributed by atoms with E-state index in [0.29, 0.717) is 18.7 Å². The first-order chi connectivity index (χ1) is 13.0. The van der Waals surface area contributed by atoms with Gasteiger partial charge in [0.15, 0.2) is 5.69 Å². The highest BCUT2D eigenvalue weighted by molar-refractivity contribution is 9.10. The monoisotopic (exact) mass is 462 g/mol. The molecule has 0 saturated carbocycles. The van der Waals surface area contributed by atoms with Crippen LogP contribution < -0.4 is 15.8 Å². The zero-order valence-corrected chi connectivity index (χ0v) is 15.9. The number of nitrogens with zero attached hydrogens (tertiary/aromatic N) is 4. The summed E-state index contributed by atoms with van der Waals surface area (Å²) in [4.78, 5) is 12.1. The first-order valence-electron chi connectivity index (χ1n) is 7.46. The summed E-state index contributed by atoms with van der Waals surface area (Å²) in [7, 11) is -2.65. The van der Waals surface area contributed by atoms with E-state index in [0.717, 1.165) is 4.57 Å². The zero-order chi connectivity index (χ0) is 19.4. The number of hydrogen-bond donors (Lipinski definition) is 3. The minimum Gasteiger partial charge on any atom is -0.365 e. The number of anilines is 1. The fraction of sp³-hybridized carbons (Fsp3) is 0.231. The van der Waals surface area contributed by atoms with Crippen LogP contribution in [-0.2, 0) is 10.9 Å². The minimum atomic E-state index is -2.65. The van der Waals surface area contributed by atoms with Gasteiger partial charge in [0.05, 0.1) is 10.2 Å². The molecule has 0 aliphatic heterocycles. The van der Waals surface area contributed by atoms with Gasteiger partial charge in [0.2, 0.25) is 22.5 Å². The van der Waals surface area contributed by atoms with E-state index in [-0.39, 0.29) is 28.4 Å². The topological polar surface area (TPSA) is 145 Å². The van der Waals surface area contributed by atoms with Crippen molar-refractivity contribution < 1.29 is 22.0 Å². The predicted octanol–water partition coefficient (Wildman–Crippen LogP) is 0.695. The number of thiol groups is 1. The first kappa shape index (κ1) is 19.2. The lowest BCUT2D eigenvalue weighted by Crippen LogP contribution is -2.17. The predicted molar refractivity (Wildman–Crippen MR) is 94.5 cm³/mol. The Morgan fingerprint density at radius 2 is 2.04 bits per heavy atom. The molecule has 0 unspecified atom stereocenters. The van der Waals surface area contributed by atoms with Crippen molar-refractivity contribution >= 4 is 32.6 Å². The summed E-state index contributed by atoms with van der Waals surface area (Å²) < 4.78 is 47.2. The van der Waals surface area contributed by atoms with Crippen molar-refractivity contribution in [3.8, 4) is 17.2 Å². The number of nitrogens with one attached hydrogen (secondary N) is 2. The second kappa shape index (κ2) is 8.41. The van der Waals surface area contributed by atoms with Gasteiger partial charge in [0.1, 0.15) is 5.82 Å². The fourth-order valence-electron chi connectivity index (χ4n) is 2.17. The van der Waals surface area contributed by atoms with Crippen LogP contribution in [0.25, 0.3) is 17.2 Å². The van der Waals surface area contributed by atoms with E-state index in [1.165, 1.54) is 18.2 Å². The molecule has 0 aliphatic rings. The maximum Gasteiger partial charge on any atom is 0.446 e. The fourth-order valence-corrected chi connectivity index (χ4v) is 2.88. The van der Waals surface area contributed by atoms with E-state index < -0.39 is 22.5 Å². The Bertz CT molecular complexity index is 1070. The minimum absolute atomic E-state index is 0.00280. The average molecular weight is 463 g/mol. The molecule has 0 amide bonds. The Kier molecular flexibility index (Phi) is 5.98. The second-order valence-electron chi connectivity index (χ2n) is 5.11. The summed E-state index contributed by atoms with van der Waals surface area (Å²) in [6.45, 7) is 0.589. The van der Waals surface area contributed by atoms with E-state index in [1.54, 1.807) is 0 Å². The maximum atomic E-state index is 13.5. The largest absolute Gasteiger partial charge is 0.446 e. The molecule has 0 radical (unpaired) electrons. The molecule has 0 aliphatic carbocycles. The summed E-state index contributed by atoms with van der Waals surface area (Å²) in [6, 6.07) is 3.93. The summed E-state index contributed by atoms with van der Waals surface area (Å²) in [6.07, 6.45) is 0.464. The van der Waals surface area contributed by atoms with Crippen LogP contribution in [0.15, 0.2) is 36.6 Å². The van der Waals surface area contributed by atoms with Gasteiger partial charge < -0.3 is 5.32 Å². The molecule has 3 aromatic rings. The van der Waals surface area contributed by atoms with Gasteiger partial charge in [-0.3, -0.25) is 4.52 Å². The highest BCUT2D eigenvalue weighted by atomic mass is 79.9. The van der Waals surface area contributed by atoms with Crippen LogP contribution >= 0.6 is 15.9 Å². The zero-order valence-electron chi connectivity index (χ0n) is 13.4. The Morgan fingerprint density at radius 3 is 2.78 bits per heavy atom. The van der Waals surface area contributed by atoms with Crippen LogP contribution in [0.5, 0.6) is 0 Å². The van der Waals surface area contributed by atoms with Gasteiger partial charge in [-0.2, -0.15) is 0 Å². The van der Waals surface area contributed by atoms with E-state index >= 15 is 0 Å². The number of hydrogen-bond acceptors (Lipinski definition) is 9. The van der Waals surface area contributed by atoms with E-state index in [1.807, 2.05) is 0 Å². The average Bonchev–Trinajstić information content (AvgIpc) is 3.23. The summed E-state index contributed by atoms with van der Waals surface area (Å²) in [5.74, 6) is -1.11. The van der Waals surface area contributed by atoms with Gasteiger partial charge in [-0.1, -0.05) is 5.16 Å². The van der Waals surface area contributed by atoms with Crippen molar-refractivity contribution in [1.82, 2.24) is 24.8 Å². The standard InChI is InChI=1S/C13H12BrFN6O5S/c14-8-6-7(2-3-9(8)15)21-12(20-25-13(21)22)10-11(19-26-18-10)16-4-1-5-17-27(23)24/h2-3,6,27H,1,4-5H2,(H,16,19)(H,17,23,24). The van der Waals surface area contributed by atoms with Gasteiger partial charge in [0, 0.05) is 13.1 Å². The molecule has 2 aromatic heterocycles. The molecule has 27 heavy (non-hydrogen) atoms. The van der Waals surface area contributed by atoms with Crippen molar-refractivity contribution in [2.45, 2.75) is 6.42 Å². The van der Waals surface area contributed by atoms with E-state index in [4.69, 9.17) is 9.15 Å². The van der Waals surface area contributed by atoms with Gasteiger partial charge in [-0.15, -0.1) is 0 Å². The van der Waals surface area contributed by atoms with Crippen molar-refractivity contribution in [2.75, 3.05) is 18.4 Å². The lowest BCUT2D eigenvalue weighted by Gasteiger charge is -2.05. The Hall–Kier alpha value is -2.58. The molecule has 0 spiro atoms. The van der Waals surface area contributed by atoms with Crippen LogP contribution in [0, 0.1) is 5.82 Å². The molecule has 0 fully saturated rings. The molecule has 14 heteroatoms. The van der Waals surface area contributed by atoms with Crippen LogP contribution in [0.1, 0.15) is 6.42 Å². The summed E-state index contributed by atoms with van der Waals surface area (Å²) in [5, 5.41) is 14.0. The highest BCUT2D eigenvalue weighted by Gasteiger charge is 2.22. The molecular formula is C13H12BrFN6O5S. The third kappa shape index (κ3) is 4.40. The third-order valence-electron chi connectivity index (χ3n) is 3.35. The van der Waals surface area contributed by atoms with Crippen molar-refractivity contribution in [1.29, 1.82) is 0 Å². The molecule has 1 aromatic carbocycles. The molecule has 11 nitrogen and oxygen atoms in total. The third-order valence-corrected chi connectivity index (χ3v) is 4.44. The SMILES string of the molecule is O=c1onc(-c2nonc2NCCCN[SH](=O)=O)n1-c1ccc(F)c(Br)c1. The van der Waals surface area contributed by atoms with Crippen molar-refractivity contribution in [2.24, 2.45) is 0 Å². The number of rotatable bonds is 8. The van der Waals surface area contributed by atoms with Gasteiger partial charge in [-0.25, -0.2) is 31.5 Å². The number of aromatic nitrogens is 4. The summed E-state index contributed by atoms with van der Waals surface area (Å²) >= 11 is 3.05. The van der Waals surface area contributed by atoms with Gasteiger partial charge in [-0.05, 0) is 50.9 Å². The molecular weight excluding hydrogens is 451 g/mol. The van der Waals surface area contributed by atoms with Crippen LogP contribution in [0.3, 0.4) is 0 Å².